The van der Waals surface area contributed by atoms with Crippen molar-refractivity contribution in [3.8, 4) is 17.1 Å². The molecule has 0 aliphatic carbocycles. The van der Waals surface area contributed by atoms with Gasteiger partial charge >= 0.3 is 0 Å². The molecule has 3 rings (SSSR count). The van der Waals surface area contributed by atoms with Gasteiger partial charge in [0.15, 0.2) is 5.13 Å². The molecule has 0 fully saturated rings. The number of rotatable bonds is 5. The lowest BCUT2D eigenvalue weighted by atomic mass is 10.1. The molecule has 0 atom stereocenters. The number of nitrogens with one attached hydrogen (secondary N) is 1. The molecule has 0 spiro atoms. The van der Waals surface area contributed by atoms with Crippen LogP contribution in [-0.2, 0) is 0 Å². The zero-order valence-electron chi connectivity index (χ0n) is 13.1. The smallest absolute Gasteiger partial charge is 0.257 e. The lowest BCUT2D eigenvalue weighted by Gasteiger charge is -2.05. The molecule has 5 nitrogen and oxygen atoms in total. The Bertz CT molecular complexity index is 914. The van der Waals surface area contributed by atoms with Crippen LogP contribution >= 0.6 is 11.3 Å². The molecule has 2 heterocycles. The highest BCUT2D eigenvalue weighted by atomic mass is 32.1. The van der Waals surface area contributed by atoms with Gasteiger partial charge in [0.25, 0.3) is 5.91 Å². The number of halogens is 2. The van der Waals surface area contributed by atoms with Crippen molar-refractivity contribution < 1.29 is 18.3 Å². The first-order valence-electron chi connectivity index (χ1n) is 7.38. The molecular formula is C17H13F2N3O2S. The minimum absolute atomic E-state index is 0.0410. The monoisotopic (exact) mass is 361 g/mol. The second-order valence-electron chi connectivity index (χ2n) is 4.93. The SMILES string of the molecule is CCOc1cc(C(=O)Nc2nc(-c3cc(F)ccc3F)cs2)ccn1. The third kappa shape index (κ3) is 3.97. The number of hydrogen-bond donors (Lipinski definition) is 1. The highest BCUT2D eigenvalue weighted by Crippen LogP contribution is 2.28. The fourth-order valence-corrected chi connectivity index (χ4v) is 2.80. The first-order valence-corrected chi connectivity index (χ1v) is 8.26. The van der Waals surface area contributed by atoms with Gasteiger partial charge in [0.05, 0.1) is 12.3 Å². The van der Waals surface area contributed by atoms with Crippen molar-refractivity contribution in [2.45, 2.75) is 6.92 Å². The predicted molar refractivity (Wildman–Crippen MR) is 90.8 cm³/mol. The molecule has 1 N–H and O–H groups in total. The third-order valence-corrected chi connectivity index (χ3v) is 3.98. The van der Waals surface area contributed by atoms with E-state index in [0.717, 1.165) is 29.5 Å². The summed E-state index contributed by atoms with van der Waals surface area (Å²) < 4.78 is 32.3. The van der Waals surface area contributed by atoms with Gasteiger partial charge in [0.1, 0.15) is 11.6 Å². The molecule has 25 heavy (non-hydrogen) atoms. The van der Waals surface area contributed by atoms with Crippen LogP contribution in [0.3, 0.4) is 0 Å². The number of benzene rings is 1. The van der Waals surface area contributed by atoms with E-state index in [0.29, 0.717) is 18.1 Å². The van der Waals surface area contributed by atoms with Crippen LogP contribution < -0.4 is 10.1 Å². The van der Waals surface area contributed by atoms with Crippen molar-refractivity contribution in [2.24, 2.45) is 0 Å². The predicted octanol–water partition coefficient (Wildman–Crippen LogP) is 4.13. The highest BCUT2D eigenvalue weighted by Gasteiger charge is 2.14. The number of carbonyl (C=O) groups excluding carboxylic acids is 1. The summed E-state index contributed by atoms with van der Waals surface area (Å²) in [6.45, 7) is 2.25. The van der Waals surface area contributed by atoms with Crippen LogP contribution in [0.25, 0.3) is 11.3 Å². The number of carbonyl (C=O) groups is 1. The first kappa shape index (κ1) is 17.0. The Balaban J connectivity index is 1.78. The first-order chi connectivity index (χ1) is 12.1. The molecule has 3 aromatic rings. The summed E-state index contributed by atoms with van der Waals surface area (Å²) >= 11 is 1.12. The van der Waals surface area contributed by atoms with E-state index in [9.17, 15) is 13.6 Å². The molecule has 0 radical (unpaired) electrons. The van der Waals surface area contributed by atoms with Gasteiger partial charge in [-0.25, -0.2) is 18.7 Å². The number of amides is 1. The summed E-state index contributed by atoms with van der Waals surface area (Å²) in [6, 6.07) is 6.19. The van der Waals surface area contributed by atoms with Crippen molar-refractivity contribution in [3.05, 3.63) is 59.1 Å². The second-order valence-corrected chi connectivity index (χ2v) is 5.79. The van der Waals surface area contributed by atoms with Crippen molar-refractivity contribution in [1.29, 1.82) is 0 Å². The average molecular weight is 361 g/mol. The summed E-state index contributed by atoms with van der Waals surface area (Å²) in [4.78, 5) is 20.4. The van der Waals surface area contributed by atoms with Gasteiger partial charge in [-0.3, -0.25) is 10.1 Å². The van der Waals surface area contributed by atoms with Crippen LogP contribution in [0.2, 0.25) is 0 Å². The van der Waals surface area contributed by atoms with E-state index >= 15 is 0 Å². The molecule has 0 aliphatic heterocycles. The van der Waals surface area contributed by atoms with Crippen LogP contribution in [-0.4, -0.2) is 22.5 Å². The third-order valence-electron chi connectivity index (χ3n) is 3.22. The molecule has 1 amide bonds. The Labute approximate surface area is 146 Å². The molecule has 0 saturated carbocycles. The van der Waals surface area contributed by atoms with Crippen LogP contribution in [0.5, 0.6) is 5.88 Å². The van der Waals surface area contributed by atoms with Crippen LogP contribution in [0.4, 0.5) is 13.9 Å². The molecule has 0 saturated heterocycles. The van der Waals surface area contributed by atoms with Crippen molar-refractivity contribution in [2.75, 3.05) is 11.9 Å². The lowest BCUT2D eigenvalue weighted by Crippen LogP contribution is -2.12. The second kappa shape index (κ2) is 7.35. The van der Waals surface area contributed by atoms with Gasteiger partial charge in [-0.1, -0.05) is 0 Å². The Hall–Kier alpha value is -2.87. The number of pyridine rings is 1. The zero-order chi connectivity index (χ0) is 17.8. The fraction of sp³-hybridized carbons (Fsp3) is 0.118. The molecule has 0 aliphatic rings. The maximum absolute atomic E-state index is 13.8. The Morgan fingerprint density at radius 3 is 2.92 bits per heavy atom. The van der Waals surface area contributed by atoms with E-state index in [-0.39, 0.29) is 16.4 Å². The Morgan fingerprint density at radius 2 is 2.12 bits per heavy atom. The molecule has 128 valence electrons. The van der Waals surface area contributed by atoms with Gasteiger partial charge < -0.3 is 4.74 Å². The van der Waals surface area contributed by atoms with Crippen LogP contribution in [0, 0.1) is 11.6 Å². The summed E-state index contributed by atoms with van der Waals surface area (Å²) in [6.07, 6.45) is 1.47. The van der Waals surface area contributed by atoms with E-state index < -0.39 is 17.5 Å². The number of hydrogen-bond acceptors (Lipinski definition) is 5. The maximum atomic E-state index is 13.8. The van der Waals surface area contributed by atoms with Gasteiger partial charge in [-0.15, -0.1) is 11.3 Å². The van der Waals surface area contributed by atoms with Gasteiger partial charge in [0.2, 0.25) is 5.88 Å². The number of ether oxygens (including phenoxy) is 1. The fourth-order valence-electron chi connectivity index (χ4n) is 2.10. The van der Waals surface area contributed by atoms with Gasteiger partial charge in [-0.2, -0.15) is 0 Å². The van der Waals surface area contributed by atoms with Crippen molar-refractivity contribution in [3.63, 3.8) is 0 Å². The van der Waals surface area contributed by atoms with E-state index in [1.54, 1.807) is 11.4 Å². The van der Waals surface area contributed by atoms with Crippen molar-refractivity contribution >= 4 is 22.4 Å². The number of thiazole rings is 1. The molecule has 0 bridgehead atoms. The van der Waals surface area contributed by atoms with Crippen molar-refractivity contribution in [1.82, 2.24) is 9.97 Å². The summed E-state index contributed by atoms with van der Waals surface area (Å²) in [5.74, 6) is -1.20. The van der Waals surface area contributed by atoms with E-state index in [1.165, 1.54) is 12.3 Å². The van der Waals surface area contributed by atoms with Gasteiger partial charge in [-0.05, 0) is 31.2 Å². The summed E-state index contributed by atoms with van der Waals surface area (Å²) in [7, 11) is 0. The highest BCUT2D eigenvalue weighted by molar-refractivity contribution is 7.14. The summed E-state index contributed by atoms with van der Waals surface area (Å²) in [5.41, 5.74) is 0.647. The molecule has 8 heteroatoms. The van der Waals surface area contributed by atoms with E-state index in [1.807, 2.05) is 6.92 Å². The summed E-state index contributed by atoms with van der Waals surface area (Å²) in [5, 5.41) is 4.44. The number of nitrogens with zero attached hydrogens (tertiary/aromatic N) is 2. The quantitative estimate of drug-likeness (QED) is 0.742. The normalized spacial score (nSPS) is 10.5. The van der Waals surface area contributed by atoms with Crippen LogP contribution in [0.15, 0.2) is 41.9 Å². The Kier molecular flexibility index (Phi) is 4.99. The lowest BCUT2D eigenvalue weighted by molar-refractivity contribution is 0.102. The molecular weight excluding hydrogens is 348 g/mol. The molecule has 1 aromatic carbocycles. The van der Waals surface area contributed by atoms with E-state index in [2.05, 4.69) is 15.3 Å². The standard InChI is InChI=1S/C17H13F2N3O2S/c1-2-24-15-7-10(5-6-20-15)16(23)22-17-21-14(9-25-17)12-8-11(18)3-4-13(12)19/h3-9H,2H2,1H3,(H,21,22,23). The number of anilines is 1. The van der Waals surface area contributed by atoms with Gasteiger partial charge in [0, 0.05) is 28.8 Å². The Morgan fingerprint density at radius 1 is 1.28 bits per heavy atom. The largest absolute Gasteiger partial charge is 0.478 e. The van der Waals surface area contributed by atoms with Crippen LogP contribution in [0.1, 0.15) is 17.3 Å². The molecule has 0 unspecified atom stereocenters. The average Bonchev–Trinajstić information content (AvgIpc) is 3.06. The topological polar surface area (TPSA) is 64.1 Å². The zero-order valence-corrected chi connectivity index (χ0v) is 13.9. The maximum Gasteiger partial charge on any atom is 0.257 e. The number of aromatic nitrogens is 2. The van der Waals surface area contributed by atoms with E-state index in [4.69, 9.17) is 4.74 Å². The molecule has 2 aromatic heterocycles. The minimum atomic E-state index is -0.583. The minimum Gasteiger partial charge on any atom is -0.478 e.